The summed E-state index contributed by atoms with van der Waals surface area (Å²) in [6, 6.07) is 3.13. The summed E-state index contributed by atoms with van der Waals surface area (Å²) >= 11 is 3.71. The van der Waals surface area contributed by atoms with Gasteiger partial charge >= 0.3 is 6.18 Å². The van der Waals surface area contributed by atoms with Gasteiger partial charge in [-0.15, -0.1) is 6.58 Å². The largest absolute Gasteiger partial charge is 0.508 e. The molecule has 23 heavy (non-hydrogen) atoms. The van der Waals surface area contributed by atoms with E-state index in [-0.39, 0.29) is 23.0 Å². The lowest BCUT2D eigenvalue weighted by Gasteiger charge is -2.47. The Morgan fingerprint density at radius 3 is 2.57 bits per heavy atom. The van der Waals surface area contributed by atoms with Crippen LogP contribution in [0.4, 0.5) is 13.2 Å². The lowest BCUT2D eigenvalue weighted by molar-refractivity contribution is -0.137. The van der Waals surface area contributed by atoms with Crippen LogP contribution in [0.15, 0.2) is 30.9 Å². The van der Waals surface area contributed by atoms with Gasteiger partial charge in [0.2, 0.25) is 0 Å². The molecule has 1 aromatic carbocycles. The van der Waals surface area contributed by atoms with E-state index in [1.807, 2.05) is 6.08 Å². The van der Waals surface area contributed by atoms with Gasteiger partial charge in [0.05, 0.1) is 5.56 Å². The number of phenols is 1. The second-order valence-electron chi connectivity index (χ2n) is 6.92. The van der Waals surface area contributed by atoms with Gasteiger partial charge in [0.25, 0.3) is 0 Å². The van der Waals surface area contributed by atoms with Crippen LogP contribution in [0.2, 0.25) is 0 Å². The number of aromatic hydroxyl groups is 1. The van der Waals surface area contributed by atoms with E-state index in [9.17, 15) is 18.3 Å². The van der Waals surface area contributed by atoms with Crippen molar-refractivity contribution in [1.29, 1.82) is 0 Å². The molecule has 2 rings (SSSR count). The second kappa shape index (κ2) is 6.50. The van der Waals surface area contributed by atoms with Gasteiger partial charge in [-0.3, -0.25) is 0 Å². The summed E-state index contributed by atoms with van der Waals surface area (Å²) in [5.41, 5.74) is -0.464. The minimum absolute atomic E-state index is 0.0756. The van der Waals surface area contributed by atoms with E-state index in [2.05, 4.69) is 36.4 Å². The van der Waals surface area contributed by atoms with Crippen molar-refractivity contribution in [2.24, 2.45) is 17.3 Å². The Morgan fingerprint density at radius 1 is 1.35 bits per heavy atom. The topological polar surface area (TPSA) is 20.2 Å². The van der Waals surface area contributed by atoms with Gasteiger partial charge in [0, 0.05) is 4.83 Å². The molecule has 0 radical (unpaired) electrons. The van der Waals surface area contributed by atoms with Crippen molar-refractivity contribution in [3.05, 3.63) is 42.0 Å². The number of hydrogen-bond donors (Lipinski definition) is 1. The average Bonchev–Trinajstić information content (AvgIpc) is 2.45. The van der Waals surface area contributed by atoms with E-state index >= 15 is 0 Å². The molecule has 0 aliphatic heterocycles. The van der Waals surface area contributed by atoms with Crippen LogP contribution in [0.1, 0.15) is 37.8 Å². The highest BCUT2D eigenvalue weighted by atomic mass is 79.9. The van der Waals surface area contributed by atoms with E-state index in [0.29, 0.717) is 16.8 Å². The zero-order chi connectivity index (χ0) is 17.4. The zero-order valence-corrected chi connectivity index (χ0v) is 14.9. The molecule has 1 aromatic rings. The molecule has 1 aliphatic carbocycles. The Morgan fingerprint density at radius 2 is 2.00 bits per heavy atom. The van der Waals surface area contributed by atoms with Crippen LogP contribution in [0.25, 0.3) is 0 Å². The highest BCUT2D eigenvalue weighted by Crippen LogP contribution is 2.50. The second-order valence-corrected chi connectivity index (χ2v) is 8.02. The number of phenolic OH excluding ortho intramolecular Hbond substituents is 1. The Balaban J connectivity index is 2.37. The fraction of sp³-hybridized carbons (Fsp3) is 0.556. The van der Waals surface area contributed by atoms with Crippen molar-refractivity contribution >= 4 is 15.9 Å². The Kier molecular flexibility index (Phi) is 5.19. The minimum atomic E-state index is -4.40. The molecule has 0 saturated heterocycles. The van der Waals surface area contributed by atoms with E-state index in [1.165, 1.54) is 0 Å². The molecule has 3 unspecified atom stereocenters. The molecular formula is C18H22BrF3O. The van der Waals surface area contributed by atoms with Crippen molar-refractivity contribution in [1.82, 2.24) is 0 Å². The molecule has 1 aliphatic rings. The lowest BCUT2D eigenvalue weighted by Crippen LogP contribution is -2.42. The van der Waals surface area contributed by atoms with E-state index in [0.717, 1.165) is 31.0 Å². The molecule has 1 fully saturated rings. The summed E-state index contributed by atoms with van der Waals surface area (Å²) in [4.78, 5) is 0.296. The summed E-state index contributed by atoms with van der Waals surface area (Å²) in [6.07, 6.45) is -0.139. The fourth-order valence-electron chi connectivity index (χ4n) is 3.55. The van der Waals surface area contributed by atoms with Crippen molar-refractivity contribution in [3.63, 3.8) is 0 Å². The summed E-state index contributed by atoms with van der Waals surface area (Å²) < 4.78 is 38.8. The first-order chi connectivity index (χ1) is 10.6. The summed E-state index contributed by atoms with van der Waals surface area (Å²) in [5.74, 6) is 0.272. The monoisotopic (exact) mass is 390 g/mol. The van der Waals surface area contributed by atoms with Crippen LogP contribution in [0, 0.1) is 17.3 Å². The molecular weight excluding hydrogens is 369 g/mol. The molecule has 3 atom stereocenters. The third-order valence-electron chi connectivity index (χ3n) is 5.18. The van der Waals surface area contributed by atoms with E-state index in [4.69, 9.17) is 0 Å². The van der Waals surface area contributed by atoms with Crippen LogP contribution in [-0.2, 0) is 12.6 Å². The average molecular weight is 391 g/mol. The minimum Gasteiger partial charge on any atom is -0.508 e. The standard InChI is InChI=1S/C18H22BrF3O/c1-4-11-5-8-16(19)17(2,3)14(11)10-12-9-13(18(20,21)22)6-7-15(12)23/h4,6-7,9,11,14,16,23H,1,5,8,10H2,2-3H3. The Labute approximate surface area is 143 Å². The van der Waals surface area contributed by atoms with Gasteiger partial charge in [0.1, 0.15) is 5.75 Å². The van der Waals surface area contributed by atoms with Gasteiger partial charge in [-0.2, -0.15) is 13.2 Å². The first-order valence-corrected chi connectivity index (χ1v) is 8.64. The van der Waals surface area contributed by atoms with Crippen molar-refractivity contribution in [2.45, 2.75) is 44.1 Å². The quantitative estimate of drug-likeness (QED) is 0.498. The maximum atomic E-state index is 12.9. The first-order valence-electron chi connectivity index (χ1n) is 7.73. The maximum Gasteiger partial charge on any atom is 0.416 e. The maximum absolute atomic E-state index is 12.9. The van der Waals surface area contributed by atoms with Crippen LogP contribution >= 0.6 is 15.9 Å². The van der Waals surface area contributed by atoms with Crippen LogP contribution in [0.5, 0.6) is 5.75 Å². The van der Waals surface area contributed by atoms with Gasteiger partial charge in [-0.1, -0.05) is 35.9 Å². The summed E-state index contributed by atoms with van der Waals surface area (Å²) in [7, 11) is 0. The van der Waals surface area contributed by atoms with Crippen molar-refractivity contribution in [2.75, 3.05) is 0 Å². The third-order valence-corrected chi connectivity index (χ3v) is 6.82. The van der Waals surface area contributed by atoms with Gasteiger partial charge < -0.3 is 5.11 Å². The highest BCUT2D eigenvalue weighted by molar-refractivity contribution is 9.09. The summed E-state index contributed by atoms with van der Waals surface area (Å²) in [6.45, 7) is 8.13. The van der Waals surface area contributed by atoms with Gasteiger partial charge in [-0.05, 0) is 60.3 Å². The number of benzene rings is 1. The SMILES string of the molecule is C=CC1CCC(Br)C(C)(C)C1Cc1cc(C(F)(F)F)ccc1O. The Hall–Kier alpha value is -0.970. The molecule has 0 heterocycles. The number of rotatable bonds is 3. The molecule has 0 bridgehead atoms. The van der Waals surface area contributed by atoms with Crippen molar-refractivity contribution in [3.8, 4) is 5.75 Å². The highest BCUT2D eigenvalue weighted by Gasteiger charge is 2.43. The molecule has 1 saturated carbocycles. The normalized spacial score (nSPS) is 27.7. The Bertz CT molecular complexity index is 580. The zero-order valence-electron chi connectivity index (χ0n) is 13.3. The van der Waals surface area contributed by atoms with Gasteiger partial charge in [0.15, 0.2) is 0 Å². The van der Waals surface area contributed by atoms with E-state index in [1.54, 1.807) is 0 Å². The number of halogens is 4. The first kappa shape index (κ1) is 18.4. The van der Waals surface area contributed by atoms with Crippen molar-refractivity contribution < 1.29 is 18.3 Å². The number of alkyl halides is 4. The van der Waals surface area contributed by atoms with Crippen LogP contribution in [-0.4, -0.2) is 9.93 Å². The molecule has 1 nitrogen and oxygen atoms in total. The smallest absolute Gasteiger partial charge is 0.416 e. The van der Waals surface area contributed by atoms with Crippen LogP contribution < -0.4 is 0 Å². The van der Waals surface area contributed by atoms with E-state index < -0.39 is 11.7 Å². The molecule has 0 amide bonds. The van der Waals surface area contributed by atoms with Crippen LogP contribution in [0.3, 0.4) is 0 Å². The molecule has 128 valence electrons. The lowest BCUT2D eigenvalue weighted by atomic mass is 9.61. The number of hydrogen-bond acceptors (Lipinski definition) is 1. The third kappa shape index (κ3) is 3.76. The predicted molar refractivity (Wildman–Crippen MR) is 89.7 cm³/mol. The fourth-order valence-corrected chi connectivity index (χ4v) is 4.16. The van der Waals surface area contributed by atoms with Gasteiger partial charge in [-0.25, -0.2) is 0 Å². The number of allylic oxidation sites excluding steroid dienone is 1. The molecule has 1 N–H and O–H groups in total. The predicted octanol–water partition coefficient (Wildman–Crippen LogP) is 5.96. The summed E-state index contributed by atoms with van der Waals surface area (Å²) in [5, 5.41) is 10.0. The molecule has 5 heteroatoms. The molecule has 0 aromatic heterocycles. The molecule has 0 spiro atoms.